The number of rotatable bonds is 4. The van der Waals surface area contributed by atoms with Gasteiger partial charge in [0.05, 0.1) is 18.3 Å². The number of nitrogens with zero attached hydrogens (tertiary/aromatic N) is 7. The van der Waals surface area contributed by atoms with Crippen LogP contribution in [0, 0.1) is 12.5 Å². The lowest BCUT2D eigenvalue weighted by molar-refractivity contribution is 0.229. The molecule has 1 aliphatic carbocycles. The molecule has 0 N–H and O–H groups in total. The van der Waals surface area contributed by atoms with Crippen molar-refractivity contribution in [3.63, 3.8) is 0 Å². The molecule has 7 heteroatoms. The van der Waals surface area contributed by atoms with Crippen LogP contribution in [0.25, 0.3) is 16.2 Å². The first-order valence-corrected chi connectivity index (χ1v) is 8.95. The highest BCUT2D eigenvalue weighted by atomic mass is 15.4. The van der Waals surface area contributed by atoms with E-state index in [-0.39, 0.29) is 0 Å². The number of anilines is 1. The Bertz CT molecular complexity index is 847. The Balaban J connectivity index is 1.43. The van der Waals surface area contributed by atoms with E-state index in [1.54, 1.807) is 17.1 Å². The van der Waals surface area contributed by atoms with Crippen LogP contribution in [0.5, 0.6) is 0 Å². The van der Waals surface area contributed by atoms with Crippen LogP contribution in [0.15, 0.2) is 18.6 Å². The van der Waals surface area contributed by atoms with E-state index in [0.717, 1.165) is 30.4 Å². The summed E-state index contributed by atoms with van der Waals surface area (Å²) in [6.45, 7) is 10.8. The van der Waals surface area contributed by atoms with Gasteiger partial charge in [0.2, 0.25) is 5.69 Å². The van der Waals surface area contributed by atoms with E-state index < -0.39 is 0 Å². The second-order valence-electron chi connectivity index (χ2n) is 7.51. The third-order valence-corrected chi connectivity index (χ3v) is 5.65. The van der Waals surface area contributed by atoms with Crippen molar-refractivity contribution in [1.29, 1.82) is 0 Å². The lowest BCUT2D eigenvalue weighted by Crippen LogP contribution is -2.47. The Kier molecular flexibility index (Phi) is 3.28. The molecule has 0 radical (unpaired) electrons. The van der Waals surface area contributed by atoms with Crippen LogP contribution in [-0.2, 0) is 7.05 Å². The van der Waals surface area contributed by atoms with E-state index in [1.165, 1.54) is 25.8 Å². The summed E-state index contributed by atoms with van der Waals surface area (Å²) in [5.41, 5.74) is 1.44. The first-order valence-electron chi connectivity index (χ1n) is 8.95. The second-order valence-corrected chi connectivity index (χ2v) is 7.51. The molecule has 2 bridgehead atoms. The molecule has 5 rings (SSSR count). The molecular weight excluding hydrogens is 314 g/mol. The molecule has 4 heterocycles. The average Bonchev–Trinajstić information content (AvgIpc) is 3.02. The first kappa shape index (κ1) is 14.8. The summed E-state index contributed by atoms with van der Waals surface area (Å²) in [5.74, 6) is 2.37. The zero-order valence-electron chi connectivity index (χ0n) is 14.3. The Morgan fingerprint density at radius 3 is 2.76 bits per heavy atom. The van der Waals surface area contributed by atoms with E-state index in [1.807, 2.05) is 13.2 Å². The van der Waals surface area contributed by atoms with Crippen molar-refractivity contribution >= 4 is 11.5 Å². The summed E-state index contributed by atoms with van der Waals surface area (Å²) in [7, 11) is 1.88. The highest BCUT2D eigenvalue weighted by molar-refractivity contribution is 5.70. The van der Waals surface area contributed by atoms with Crippen molar-refractivity contribution in [3.8, 4) is 11.4 Å². The molecule has 0 aromatic carbocycles. The van der Waals surface area contributed by atoms with Gasteiger partial charge in [0.1, 0.15) is 5.82 Å². The lowest BCUT2D eigenvalue weighted by atomic mass is 10.2. The Hall–Kier alpha value is -2.46. The highest BCUT2D eigenvalue weighted by Crippen LogP contribution is 2.40. The maximum Gasteiger partial charge on any atom is 0.246 e. The topological polar surface area (TPSA) is 54.4 Å². The van der Waals surface area contributed by atoms with Crippen LogP contribution >= 0.6 is 0 Å². The third-order valence-electron chi connectivity index (χ3n) is 5.65. The van der Waals surface area contributed by atoms with Gasteiger partial charge in [-0.15, -0.1) is 0 Å². The summed E-state index contributed by atoms with van der Waals surface area (Å²) < 4.78 is 1.74. The fourth-order valence-electron chi connectivity index (χ4n) is 4.20. The molecule has 2 aromatic rings. The van der Waals surface area contributed by atoms with Crippen molar-refractivity contribution in [2.75, 3.05) is 24.5 Å². The van der Waals surface area contributed by atoms with Crippen molar-refractivity contribution < 1.29 is 0 Å². The lowest BCUT2D eigenvalue weighted by Gasteiger charge is -2.35. The van der Waals surface area contributed by atoms with Gasteiger partial charge in [-0.05, 0) is 25.2 Å². The largest absolute Gasteiger partial charge is 0.359 e. The first-order chi connectivity index (χ1) is 12.2. The Labute approximate surface area is 147 Å². The van der Waals surface area contributed by atoms with Gasteiger partial charge >= 0.3 is 0 Å². The van der Waals surface area contributed by atoms with Gasteiger partial charge in [0.25, 0.3) is 0 Å². The molecule has 2 saturated heterocycles. The minimum Gasteiger partial charge on any atom is -0.359 e. The van der Waals surface area contributed by atoms with Crippen molar-refractivity contribution in [2.45, 2.75) is 31.3 Å². The molecule has 0 unspecified atom stereocenters. The number of hydrogen-bond acceptors (Lipinski definition) is 5. The van der Waals surface area contributed by atoms with Crippen molar-refractivity contribution in [3.05, 3.63) is 30.0 Å². The van der Waals surface area contributed by atoms with Gasteiger partial charge in [-0.1, -0.05) is 0 Å². The normalized spacial score (nSPS) is 25.5. The van der Waals surface area contributed by atoms with Gasteiger partial charge in [-0.25, -0.2) is 14.8 Å². The molecule has 7 nitrogen and oxygen atoms in total. The van der Waals surface area contributed by atoms with Crippen LogP contribution in [0.4, 0.5) is 11.5 Å². The Morgan fingerprint density at radius 1 is 1.24 bits per heavy atom. The molecule has 3 aliphatic rings. The minimum absolute atomic E-state index is 0.473. The fraction of sp³-hybridized carbons (Fsp3) is 0.556. The maximum atomic E-state index is 7.49. The second kappa shape index (κ2) is 5.53. The summed E-state index contributed by atoms with van der Waals surface area (Å²) >= 11 is 0. The van der Waals surface area contributed by atoms with E-state index in [0.29, 0.717) is 23.6 Å². The van der Waals surface area contributed by atoms with Crippen LogP contribution in [0.2, 0.25) is 0 Å². The molecule has 0 amide bonds. The highest BCUT2D eigenvalue weighted by Gasteiger charge is 2.45. The number of fused-ring (bicyclic) bond motifs is 2. The number of piperazine rings is 1. The molecule has 1 saturated carbocycles. The summed E-state index contributed by atoms with van der Waals surface area (Å²) in [5, 5.41) is 4.20. The molecule has 2 aromatic heterocycles. The summed E-state index contributed by atoms with van der Waals surface area (Å²) in [6.07, 6.45) is 9.33. The van der Waals surface area contributed by atoms with Gasteiger partial charge in [0.15, 0.2) is 5.82 Å². The molecule has 2 atom stereocenters. The number of likely N-dealkylation sites (tertiary alicyclic amines) is 1. The van der Waals surface area contributed by atoms with Crippen LogP contribution in [0.3, 0.4) is 0 Å². The molecule has 0 spiro atoms. The number of aryl methyl sites for hydroxylation is 1. The maximum absolute atomic E-state index is 7.49. The van der Waals surface area contributed by atoms with E-state index >= 15 is 0 Å². The summed E-state index contributed by atoms with van der Waals surface area (Å²) in [6, 6.07) is 1.09. The zero-order chi connectivity index (χ0) is 17.0. The third kappa shape index (κ3) is 2.57. The van der Waals surface area contributed by atoms with Crippen LogP contribution in [0.1, 0.15) is 19.3 Å². The smallest absolute Gasteiger partial charge is 0.246 e. The summed E-state index contributed by atoms with van der Waals surface area (Å²) in [4.78, 5) is 17.8. The van der Waals surface area contributed by atoms with Crippen molar-refractivity contribution in [2.24, 2.45) is 13.0 Å². The van der Waals surface area contributed by atoms with Crippen LogP contribution < -0.4 is 4.90 Å². The molecule has 128 valence electrons. The van der Waals surface area contributed by atoms with Gasteiger partial charge < -0.3 is 4.90 Å². The quantitative estimate of drug-likeness (QED) is 0.801. The average molecular weight is 335 g/mol. The SMILES string of the molecule is [C-]#[N+]c1cnc(-c2cnn(C)c2)nc1N1C[C@@H]2C[C@H]1CN2CC1CC1. The predicted octanol–water partition coefficient (Wildman–Crippen LogP) is 2.10. The van der Waals surface area contributed by atoms with E-state index in [2.05, 4.69) is 24.7 Å². The van der Waals surface area contributed by atoms with Gasteiger partial charge in [-0.2, -0.15) is 5.10 Å². The zero-order valence-corrected chi connectivity index (χ0v) is 14.3. The predicted molar refractivity (Wildman–Crippen MR) is 94.3 cm³/mol. The van der Waals surface area contributed by atoms with Crippen LogP contribution in [-0.4, -0.2) is 56.4 Å². The molecule has 25 heavy (non-hydrogen) atoms. The Morgan fingerprint density at radius 2 is 2.12 bits per heavy atom. The molecule has 3 fully saturated rings. The number of hydrogen-bond donors (Lipinski definition) is 0. The standard InChI is InChI=1S/C18H21N7/c1-19-16-7-20-17(13-6-21-23(2)9-13)22-18(16)25-11-14-5-15(25)10-24(14)8-12-3-4-12/h6-7,9,12,14-15H,3-5,8,10-11H2,2H3/t14-,15-/m0/s1. The minimum atomic E-state index is 0.473. The fourth-order valence-corrected chi connectivity index (χ4v) is 4.20. The van der Waals surface area contributed by atoms with E-state index in [4.69, 9.17) is 11.6 Å². The monoisotopic (exact) mass is 335 g/mol. The molecular formula is C18H21N7. The molecule has 2 aliphatic heterocycles. The van der Waals surface area contributed by atoms with Crippen molar-refractivity contribution in [1.82, 2.24) is 24.6 Å². The number of aromatic nitrogens is 4. The van der Waals surface area contributed by atoms with E-state index in [9.17, 15) is 0 Å². The van der Waals surface area contributed by atoms with Gasteiger partial charge in [-0.3, -0.25) is 9.58 Å². The van der Waals surface area contributed by atoms with Gasteiger partial charge in [0, 0.05) is 51.2 Å².